The van der Waals surface area contributed by atoms with Crippen LogP contribution in [0.4, 0.5) is 0 Å². The molecule has 0 saturated carbocycles. The van der Waals surface area contributed by atoms with Gasteiger partial charge in [0.1, 0.15) is 11.5 Å². The van der Waals surface area contributed by atoms with Gasteiger partial charge >= 0.3 is 0 Å². The molecule has 0 aliphatic heterocycles. The largest absolute Gasteiger partial charge is 0.508 e. The fourth-order valence-electron chi connectivity index (χ4n) is 4.41. The second-order valence-electron chi connectivity index (χ2n) is 8.94. The van der Waals surface area contributed by atoms with E-state index in [1.807, 2.05) is 30.3 Å². The Bertz CT molecular complexity index is 692. The molecule has 0 aliphatic rings. The Morgan fingerprint density at radius 1 is 0.667 bits per heavy atom. The Hall–Kier alpha value is -1.96. The van der Waals surface area contributed by atoms with Crippen molar-refractivity contribution in [3.63, 3.8) is 0 Å². The number of para-hydroxylation sites is 1. The molecule has 2 aromatic carbocycles. The van der Waals surface area contributed by atoms with Gasteiger partial charge in [-0.2, -0.15) is 0 Å². The molecule has 0 fully saturated rings. The smallest absolute Gasteiger partial charge is 0.119 e. The van der Waals surface area contributed by atoms with Gasteiger partial charge in [0.2, 0.25) is 0 Å². The minimum atomic E-state index is 0.323. The first kappa shape index (κ1) is 24.3. The molecule has 0 spiro atoms. The van der Waals surface area contributed by atoms with Crippen molar-refractivity contribution in [3.05, 3.63) is 59.7 Å². The zero-order valence-corrected chi connectivity index (χ0v) is 19.2. The van der Waals surface area contributed by atoms with E-state index in [1.165, 1.54) is 63.4 Å². The second-order valence-corrected chi connectivity index (χ2v) is 8.94. The highest BCUT2D eigenvalue weighted by Gasteiger charge is 2.17. The Balaban J connectivity index is 1.81. The normalized spacial score (nSPS) is 13.3. The van der Waals surface area contributed by atoms with E-state index in [0.717, 1.165) is 24.8 Å². The van der Waals surface area contributed by atoms with Gasteiger partial charge in [-0.15, -0.1) is 0 Å². The lowest BCUT2D eigenvalue weighted by Gasteiger charge is -2.21. The maximum absolute atomic E-state index is 10.4. The quantitative estimate of drug-likeness (QED) is 0.288. The Labute approximate surface area is 184 Å². The first-order valence-corrected chi connectivity index (χ1v) is 12.2. The van der Waals surface area contributed by atoms with Gasteiger partial charge in [0.15, 0.2) is 0 Å². The van der Waals surface area contributed by atoms with Crippen molar-refractivity contribution in [2.75, 3.05) is 0 Å². The number of phenolic OH excluding ortho intramolecular Hbond substituents is 2. The molecule has 0 amide bonds. The number of unbranched alkanes of at least 4 members (excludes halogenated alkanes) is 8. The zero-order chi connectivity index (χ0) is 21.6. The van der Waals surface area contributed by atoms with E-state index in [-0.39, 0.29) is 0 Å². The summed E-state index contributed by atoms with van der Waals surface area (Å²) in [4.78, 5) is 0. The number of rotatable bonds is 15. The highest BCUT2D eigenvalue weighted by atomic mass is 16.3. The average molecular weight is 411 g/mol. The van der Waals surface area contributed by atoms with Crippen molar-refractivity contribution >= 4 is 0 Å². The van der Waals surface area contributed by atoms with Gasteiger partial charge in [0.25, 0.3) is 0 Å². The zero-order valence-electron chi connectivity index (χ0n) is 19.2. The molecule has 0 heterocycles. The van der Waals surface area contributed by atoms with E-state index in [0.29, 0.717) is 23.3 Å². The summed E-state index contributed by atoms with van der Waals surface area (Å²) >= 11 is 0. The van der Waals surface area contributed by atoms with Gasteiger partial charge in [-0.05, 0) is 60.4 Å². The van der Waals surface area contributed by atoms with Crippen LogP contribution in [0.5, 0.6) is 11.5 Å². The summed E-state index contributed by atoms with van der Waals surface area (Å²) in [5, 5.41) is 19.9. The molecule has 166 valence electrons. The van der Waals surface area contributed by atoms with E-state index in [4.69, 9.17) is 0 Å². The van der Waals surface area contributed by atoms with Crippen LogP contribution in [0.1, 0.15) is 114 Å². The average Bonchev–Trinajstić information content (AvgIpc) is 2.75. The topological polar surface area (TPSA) is 40.5 Å². The highest BCUT2D eigenvalue weighted by Crippen LogP contribution is 2.36. The van der Waals surface area contributed by atoms with Gasteiger partial charge < -0.3 is 10.2 Å². The lowest BCUT2D eigenvalue weighted by atomic mass is 9.84. The molecular formula is C28H42O2. The molecule has 2 aromatic rings. The predicted molar refractivity (Wildman–Crippen MR) is 128 cm³/mol. The summed E-state index contributed by atoms with van der Waals surface area (Å²) in [6, 6.07) is 15.5. The first-order chi connectivity index (χ1) is 14.6. The second kappa shape index (κ2) is 14.1. The molecule has 2 heteroatoms. The van der Waals surface area contributed by atoms with Gasteiger partial charge in [-0.1, -0.05) is 102 Å². The molecule has 2 atom stereocenters. The highest BCUT2D eigenvalue weighted by molar-refractivity contribution is 5.35. The molecule has 2 nitrogen and oxygen atoms in total. The molecule has 0 radical (unpaired) electrons. The van der Waals surface area contributed by atoms with Crippen LogP contribution < -0.4 is 0 Å². The van der Waals surface area contributed by atoms with Crippen molar-refractivity contribution < 1.29 is 10.2 Å². The Morgan fingerprint density at radius 2 is 1.27 bits per heavy atom. The van der Waals surface area contributed by atoms with Crippen LogP contribution in [-0.4, -0.2) is 10.2 Å². The maximum atomic E-state index is 10.4. The molecule has 2 rings (SSSR count). The lowest BCUT2D eigenvalue weighted by molar-refractivity contribution is 0.436. The fourth-order valence-corrected chi connectivity index (χ4v) is 4.41. The fraction of sp³-hybridized carbons (Fsp3) is 0.571. The van der Waals surface area contributed by atoms with Crippen molar-refractivity contribution in [3.8, 4) is 11.5 Å². The SMILES string of the molecule is CCCCCCCCCCCC(CCC(C)c1ccc(O)cc1)c1ccccc1O. The van der Waals surface area contributed by atoms with E-state index in [9.17, 15) is 10.2 Å². The van der Waals surface area contributed by atoms with Crippen molar-refractivity contribution in [1.82, 2.24) is 0 Å². The minimum absolute atomic E-state index is 0.323. The number of hydrogen-bond donors (Lipinski definition) is 2. The summed E-state index contributed by atoms with van der Waals surface area (Å²) < 4.78 is 0. The van der Waals surface area contributed by atoms with Crippen molar-refractivity contribution in [2.45, 2.75) is 103 Å². The van der Waals surface area contributed by atoms with E-state index in [2.05, 4.69) is 19.9 Å². The number of aromatic hydroxyl groups is 2. The van der Waals surface area contributed by atoms with Crippen LogP contribution in [0.3, 0.4) is 0 Å². The van der Waals surface area contributed by atoms with Crippen LogP contribution in [0.15, 0.2) is 48.5 Å². The summed E-state index contributed by atoms with van der Waals surface area (Å²) in [5.41, 5.74) is 2.38. The van der Waals surface area contributed by atoms with E-state index < -0.39 is 0 Å². The third kappa shape index (κ3) is 8.81. The molecule has 0 saturated heterocycles. The summed E-state index contributed by atoms with van der Waals surface area (Å²) in [5.74, 6) is 1.62. The first-order valence-electron chi connectivity index (χ1n) is 12.2. The molecule has 2 N–H and O–H groups in total. The number of phenols is 2. The third-order valence-corrected chi connectivity index (χ3v) is 6.44. The Kier molecular flexibility index (Phi) is 11.4. The minimum Gasteiger partial charge on any atom is -0.508 e. The predicted octanol–water partition coefficient (Wildman–Crippen LogP) is 8.69. The van der Waals surface area contributed by atoms with Gasteiger partial charge in [-0.3, -0.25) is 0 Å². The summed E-state index contributed by atoms with van der Waals surface area (Å²) in [6.45, 7) is 4.53. The molecule has 0 aliphatic carbocycles. The van der Waals surface area contributed by atoms with Crippen molar-refractivity contribution in [2.24, 2.45) is 0 Å². The standard InChI is InChI=1S/C28H42O2/c1-3-4-5-6-7-8-9-10-11-14-25(27-15-12-13-16-28(27)30)18-17-23(2)24-19-21-26(29)22-20-24/h12-13,15-16,19-23,25,29-30H,3-11,14,17-18H2,1-2H3. The van der Waals surface area contributed by atoms with Crippen LogP contribution in [0.25, 0.3) is 0 Å². The number of hydrogen-bond acceptors (Lipinski definition) is 2. The third-order valence-electron chi connectivity index (χ3n) is 6.44. The van der Waals surface area contributed by atoms with Gasteiger partial charge in [-0.25, -0.2) is 0 Å². The number of benzene rings is 2. The van der Waals surface area contributed by atoms with Gasteiger partial charge in [0, 0.05) is 0 Å². The van der Waals surface area contributed by atoms with Crippen LogP contribution in [0.2, 0.25) is 0 Å². The summed E-state index contributed by atoms with van der Waals surface area (Å²) in [6.07, 6.45) is 15.4. The Morgan fingerprint density at radius 3 is 1.90 bits per heavy atom. The maximum Gasteiger partial charge on any atom is 0.119 e. The van der Waals surface area contributed by atoms with Crippen LogP contribution >= 0.6 is 0 Å². The molecular weight excluding hydrogens is 368 g/mol. The summed E-state index contributed by atoms with van der Waals surface area (Å²) in [7, 11) is 0. The van der Waals surface area contributed by atoms with Gasteiger partial charge in [0.05, 0.1) is 0 Å². The van der Waals surface area contributed by atoms with Crippen LogP contribution in [-0.2, 0) is 0 Å². The van der Waals surface area contributed by atoms with Crippen molar-refractivity contribution in [1.29, 1.82) is 0 Å². The van der Waals surface area contributed by atoms with E-state index >= 15 is 0 Å². The molecule has 0 aromatic heterocycles. The molecule has 2 unspecified atom stereocenters. The molecule has 30 heavy (non-hydrogen) atoms. The van der Waals surface area contributed by atoms with E-state index in [1.54, 1.807) is 12.1 Å². The lowest BCUT2D eigenvalue weighted by Crippen LogP contribution is -2.03. The monoisotopic (exact) mass is 410 g/mol. The molecule has 0 bridgehead atoms. The van der Waals surface area contributed by atoms with Crippen LogP contribution in [0, 0.1) is 0 Å².